The fourth-order valence-corrected chi connectivity index (χ4v) is 7.89. The molecule has 1 saturated carbocycles. The van der Waals surface area contributed by atoms with Crippen molar-refractivity contribution in [1.29, 1.82) is 0 Å². The molecule has 3 fully saturated rings. The Labute approximate surface area is 241 Å². The summed E-state index contributed by atoms with van der Waals surface area (Å²) < 4.78 is 19.8. The van der Waals surface area contributed by atoms with Gasteiger partial charge in [-0.05, 0) is 84.2 Å². The molecule has 4 amide bonds. The average molecular weight is 665 g/mol. The summed E-state index contributed by atoms with van der Waals surface area (Å²) in [4.78, 5) is 54.9. The van der Waals surface area contributed by atoms with Gasteiger partial charge in [-0.2, -0.15) is 0 Å². The Morgan fingerprint density at radius 3 is 2.59 bits per heavy atom. The number of hydrogen-bond donors (Lipinski definition) is 2. The Hall–Kier alpha value is -2.99. The lowest BCUT2D eigenvalue weighted by Gasteiger charge is -2.49. The van der Waals surface area contributed by atoms with Gasteiger partial charge >= 0.3 is 0 Å². The molecule has 2 aromatic carbocycles. The number of hydrogen-bond acceptors (Lipinski definition) is 6. The van der Waals surface area contributed by atoms with Crippen molar-refractivity contribution in [1.82, 2.24) is 5.32 Å². The first kappa shape index (κ1) is 26.2. The van der Waals surface area contributed by atoms with Gasteiger partial charge in [0, 0.05) is 5.92 Å². The van der Waals surface area contributed by atoms with Crippen LogP contribution in [-0.4, -0.2) is 35.8 Å². The van der Waals surface area contributed by atoms with E-state index in [-0.39, 0.29) is 40.4 Å². The van der Waals surface area contributed by atoms with Crippen LogP contribution in [0.3, 0.4) is 0 Å². The van der Waals surface area contributed by atoms with Crippen molar-refractivity contribution in [2.75, 3.05) is 12.0 Å². The lowest BCUT2D eigenvalue weighted by atomic mass is 9.51. The molecule has 0 radical (unpaired) electrons. The second kappa shape index (κ2) is 9.02. The number of rotatable bonds is 3. The van der Waals surface area contributed by atoms with E-state index in [4.69, 9.17) is 16.3 Å². The average Bonchev–Trinajstić information content (AvgIpc) is 3.30. The Kier molecular flexibility index (Phi) is 6.07. The first-order chi connectivity index (χ1) is 18.5. The predicted octanol–water partition coefficient (Wildman–Crippen LogP) is 4.32. The molecule has 2 heterocycles. The fourth-order valence-electron chi connectivity index (χ4n) is 7.09. The predicted molar refractivity (Wildman–Crippen MR) is 147 cm³/mol. The summed E-state index contributed by atoms with van der Waals surface area (Å²) in [7, 11) is 1.42. The number of anilines is 1. The summed E-state index contributed by atoms with van der Waals surface area (Å²) in [5, 5.41) is 12.7. The molecule has 0 spiro atoms. The standard InChI is InChI=1S/C28H23ClFIN2O6/c1-28-16(26(37)33(27(28)38)12-3-6-18(30)17(29)9-12)10-15-13(4-5-14-21(15)25(36)32-24(14)35)22(28)11-7-19(31)23(34)20(8-11)39-2/h3-4,6-9,14-16,21-22,34H,5,10H2,1-2H3,(H,32,35,36). The number of aromatic hydroxyl groups is 1. The van der Waals surface area contributed by atoms with Crippen molar-refractivity contribution >= 4 is 63.5 Å². The molecule has 11 heteroatoms. The lowest BCUT2D eigenvalue weighted by Crippen LogP contribution is -2.48. The van der Waals surface area contributed by atoms with Crippen LogP contribution in [0, 0.1) is 38.5 Å². The van der Waals surface area contributed by atoms with Crippen LogP contribution < -0.4 is 15.0 Å². The Morgan fingerprint density at radius 2 is 1.90 bits per heavy atom. The number of allylic oxidation sites excluding steroid dienone is 2. The highest BCUT2D eigenvalue weighted by Gasteiger charge is 2.67. The molecule has 2 aromatic rings. The molecule has 6 unspecified atom stereocenters. The summed E-state index contributed by atoms with van der Waals surface area (Å²) in [5.74, 6) is -5.30. The number of methoxy groups -OCH3 is 1. The van der Waals surface area contributed by atoms with E-state index in [1.54, 1.807) is 19.1 Å². The smallest absolute Gasteiger partial charge is 0.241 e. The van der Waals surface area contributed by atoms with E-state index in [9.17, 15) is 28.7 Å². The molecule has 6 atom stereocenters. The number of carbonyl (C=O) groups is 4. The zero-order valence-electron chi connectivity index (χ0n) is 20.8. The second-order valence-electron chi connectivity index (χ2n) is 10.7. The minimum Gasteiger partial charge on any atom is -0.504 e. The normalized spacial score (nSPS) is 31.5. The quantitative estimate of drug-likeness (QED) is 0.287. The highest BCUT2D eigenvalue weighted by Crippen LogP contribution is 2.63. The maximum atomic E-state index is 14.3. The minimum absolute atomic E-state index is 0.0502. The molecule has 2 aliphatic heterocycles. The fraction of sp³-hybridized carbons (Fsp3) is 0.357. The van der Waals surface area contributed by atoms with Crippen LogP contribution in [-0.2, 0) is 19.2 Å². The number of imide groups is 2. The third-order valence-electron chi connectivity index (χ3n) is 8.88. The molecule has 0 aromatic heterocycles. The SMILES string of the molecule is COc1cc(C2C3=CCC4C(=O)NC(=O)C4C3CC3C(=O)N(c4ccc(F)c(Cl)c4)C(=O)C32C)cc(I)c1O. The van der Waals surface area contributed by atoms with Crippen LogP contribution >= 0.6 is 34.2 Å². The number of phenols is 1. The van der Waals surface area contributed by atoms with Crippen molar-refractivity contribution in [2.24, 2.45) is 29.1 Å². The van der Waals surface area contributed by atoms with Gasteiger partial charge in [0.2, 0.25) is 23.6 Å². The van der Waals surface area contributed by atoms with Gasteiger partial charge in [-0.15, -0.1) is 0 Å². The lowest BCUT2D eigenvalue weighted by molar-refractivity contribution is -0.131. The first-order valence-corrected chi connectivity index (χ1v) is 13.9. The zero-order chi connectivity index (χ0) is 28.0. The number of nitrogens with one attached hydrogen (secondary N) is 1. The summed E-state index contributed by atoms with van der Waals surface area (Å²) in [5.41, 5.74) is 0.327. The molecule has 6 rings (SSSR count). The van der Waals surface area contributed by atoms with Gasteiger partial charge in [0.25, 0.3) is 0 Å². The number of halogens is 3. The summed E-state index contributed by atoms with van der Waals surface area (Å²) in [6.07, 6.45) is 2.46. The topological polar surface area (TPSA) is 113 Å². The van der Waals surface area contributed by atoms with Gasteiger partial charge in [-0.25, -0.2) is 9.29 Å². The number of carbonyl (C=O) groups excluding carboxylic acids is 4. The number of nitrogens with zero attached hydrogens (tertiary/aromatic N) is 1. The van der Waals surface area contributed by atoms with Crippen LogP contribution in [0.2, 0.25) is 5.02 Å². The Bertz CT molecular complexity index is 1530. The summed E-state index contributed by atoms with van der Waals surface area (Å²) >= 11 is 7.98. The van der Waals surface area contributed by atoms with E-state index >= 15 is 0 Å². The highest BCUT2D eigenvalue weighted by atomic mass is 127. The number of phenolic OH excluding ortho intramolecular Hbond substituents is 1. The molecule has 0 bridgehead atoms. The van der Waals surface area contributed by atoms with Gasteiger partial charge in [0.05, 0.1) is 44.6 Å². The van der Waals surface area contributed by atoms with Crippen LogP contribution in [0.25, 0.3) is 0 Å². The van der Waals surface area contributed by atoms with Gasteiger partial charge < -0.3 is 9.84 Å². The van der Waals surface area contributed by atoms with Gasteiger partial charge in [0.15, 0.2) is 11.5 Å². The van der Waals surface area contributed by atoms with E-state index in [0.717, 1.165) is 16.5 Å². The summed E-state index contributed by atoms with van der Waals surface area (Å²) in [6, 6.07) is 7.09. The van der Waals surface area contributed by atoms with Crippen molar-refractivity contribution in [2.45, 2.75) is 25.7 Å². The Balaban J connectivity index is 1.56. The van der Waals surface area contributed by atoms with Gasteiger partial charge in [-0.1, -0.05) is 23.3 Å². The van der Waals surface area contributed by atoms with Crippen LogP contribution in [0.4, 0.5) is 10.1 Å². The van der Waals surface area contributed by atoms with E-state index in [2.05, 4.69) is 5.32 Å². The molecular formula is C28H23ClFIN2O6. The number of benzene rings is 2. The van der Waals surface area contributed by atoms with Crippen molar-refractivity contribution in [3.8, 4) is 11.5 Å². The summed E-state index contributed by atoms with van der Waals surface area (Å²) in [6.45, 7) is 1.74. The van der Waals surface area contributed by atoms with Crippen molar-refractivity contribution < 1.29 is 33.4 Å². The van der Waals surface area contributed by atoms with E-state index in [1.807, 2.05) is 28.7 Å². The van der Waals surface area contributed by atoms with Crippen molar-refractivity contribution in [3.05, 3.63) is 62.0 Å². The Morgan fingerprint density at radius 1 is 1.15 bits per heavy atom. The molecule has 2 N–H and O–H groups in total. The highest BCUT2D eigenvalue weighted by molar-refractivity contribution is 14.1. The van der Waals surface area contributed by atoms with Crippen LogP contribution in [0.5, 0.6) is 11.5 Å². The van der Waals surface area contributed by atoms with Gasteiger partial charge in [-0.3, -0.25) is 24.5 Å². The molecule has 2 saturated heterocycles. The first-order valence-electron chi connectivity index (χ1n) is 12.4. The largest absolute Gasteiger partial charge is 0.504 e. The zero-order valence-corrected chi connectivity index (χ0v) is 23.7. The number of amides is 4. The molecule has 39 heavy (non-hydrogen) atoms. The van der Waals surface area contributed by atoms with E-state index in [1.165, 1.54) is 19.2 Å². The molecule has 8 nitrogen and oxygen atoms in total. The molecular weight excluding hydrogens is 642 g/mol. The molecule has 202 valence electrons. The van der Waals surface area contributed by atoms with E-state index in [0.29, 0.717) is 15.6 Å². The monoisotopic (exact) mass is 664 g/mol. The van der Waals surface area contributed by atoms with Gasteiger partial charge in [0.1, 0.15) is 5.82 Å². The minimum atomic E-state index is -1.28. The third-order valence-corrected chi connectivity index (χ3v) is 9.99. The molecule has 2 aliphatic carbocycles. The van der Waals surface area contributed by atoms with Crippen molar-refractivity contribution in [3.63, 3.8) is 0 Å². The number of ether oxygens (including phenoxy) is 1. The van der Waals surface area contributed by atoms with Crippen LogP contribution in [0.15, 0.2) is 42.0 Å². The molecule has 4 aliphatic rings. The van der Waals surface area contributed by atoms with E-state index < -0.39 is 52.6 Å². The maximum Gasteiger partial charge on any atom is 0.241 e. The number of fused-ring (bicyclic) bond motifs is 4. The second-order valence-corrected chi connectivity index (χ2v) is 12.2. The third kappa shape index (κ3) is 3.60. The van der Waals surface area contributed by atoms with Crippen LogP contribution in [0.1, 0.15) is 31.2 Å². The maximum absolute atomic E-state index is 14.3.